The zero-order chi connectivity index (χ0) is 10.0. The first kappa shape index (κ1) is 8.93. The lowest BCUT2D eigenvalue weighted by Gasteiger charge is -1.97. The normalized spacial score (nSPS) is 9.23. The molecular weight excluding hydrogens is 174 g/mol. The van der Waals surface area contributed by atoms with Gasteiger partial charge in [0.15, 0.2) is 0 Å². The van der Waals surface area contributed by atoms with Crippen LogP contribution in [0.4, 0.5) is 5.69 Å². The number of nitrogens with zero attached hydrogens (tertiary/aromatic N) is 3. The van der Waals surface area contributed by atoms with Gasteiger partial charge in [-0.2, -0.15) is 5.26 Å². The summed E-state index contributed by atoms with van der Waals surface area (Å²) < 4.78 is 1.30. The van der Waals surface area contributed by atoms with Crippen LogP contribution in [0, 0.1) is 21.4 Å². The number of pyridine rings is 1. The maximum Gasteiger partial charge on any atom is 0.333 e. The van der Waals surface area contributed by atoms with Crippen molar-refractivity contribution in [1.82, 2.24) is 4.57 Å². The predicted octanol–water partition coefficient (Wildman–Crippen LogP) is 0.165. The van der Waals surface area contributed by atoms with E-state index >= 15 is 0 Å². The van der Waals surface area contributed by atoms with Gasteiger partial charge in [0, 0.05) is 13.2 Å². The van der Waals surface area contributed by atoms with E-state index in [9.17, 15) is 14.9 Å². The summed E-state index contributed by atoms with van der Waals surface area (Å²) in [6.45, 7) is 0. The van der Waals surface area contributed by atoms with E-state index in [2.05, 4.69) is 0 Å². The molecule has 0 N–H and O–H groups in total. The molecule has 0 aromatic carbocycles. The second-order valence-corrected chi connectivity index (χ2v) is 2.42. The van der Waals surface area contributed by atoms with Crippen molar-refractivity contribution >= 4 is 5.69 Å². The minimum Gasteiger partial charge on any atom is -0.350 e. The molecule has 0 atom stereocenters. The maximum absolute atomic E-state index is 11.1. The van der Waals surface area contributed by atoms with E-state index in [0.717, 1.165) is 6.20 Å². The van der Waals surface area contributed by atoms with E-state index in [1.165, 1.54) is 17.8 Å². The Hall–Kier alpha value is -2.16. The van der Waals surface area contributed by atoms with Gasteiger partial charge in [0.05, 0.1) is 11.1 Å². The highest BCUT2D eigenvalue weighted by atomic mass is 16.6. The minimum atomic E-state index is -0.842. The van der Waals surface area contributed by atoms with Crippen molar-refractivity contribution in [2.45, 2.75) is 0 Å². The zero-order valence-corrected chi connectivity index (χ0v) is 6.72. The molecule has 1 heterocycles. The summed E-state index contributed by atoms with van der Waals surface area (Å²) in [6.07, 6.45) is 2.32. The zero-order valence-electron chi connectivity index (χ0n) is 6.72. The fourth-order valence-corrected chi connectivity index (χ4v) is 0.899. The average molecular weight is 179 g/mol. The maximum atomic E-state index is 11.1. The molecule has 6 nitrogen and oxygen atoms in total. The molecule has 0 unspecified atom stereocenters. The van der Waals surface area contributed by atoms with Crippen molar-refractivity contribution in [2.75, 3.05) is 0 Å². The van der Waals surface area contributed by atoms with E-state index in [0.29, 0.717) is 0 Å². The van der Waals surface area contributed by atoms with Crippen LogP contribution in [-0.4, -0.2) is 9.49 Å². The lowest BCUT2D eigenvalue weighted by molar-refractivity contribution is -0.386. The van der Waals surface area contributed by atoms with Crippen LogP contribution in [0.3, 0.4) is 0 Å². The third kappa shape index (κ3) is 1.54. The van der Waals surface area contributed by atoms with Crippen LogP contribution in [0.25, 0.3) is 0 Å². The third-order valence-corrected chi connectivity index (χ3v) is 1.45. The third-order valence-electron chi connectivity index (χ3n) is 1.45. The van der Waals surface area contributed by atoms with E-state index in [1.807, 2.05) is 0 Å². The van der Waals surface area contributed by atoms with Gasteiger partial charge in [-0.25, -0.2) is 0 Å². The Labute approximate surface area is 72.8 Å². The van der Waals surface area contributed by atoms with Gasteiger partial charge < -0.3 is 4.57 Å². The molecule has 0 fully saturated rings. The van der Waals surface area contributed by atoms with E-state index in [4.69, 9.17) is 5.26 Å². The van der Waals surface area contributed by atoms with Crippen LogP contribution < -0.4 is 5.43 Å². The topological polar surface area (TPSA) is 88.9 Å². The van der Waals surface area contributed by atoms with Gasteiger partial charge in [0.25, 0.3) is 5.43 Å². The van der Waals surface area contributed by atoms with Crippen LogP contribution in [0.15, 0.2) is 17.2 Å². The summed E-state index contributed by atoms with van der Waals surface area (Å²) >= 11 is 0. The molecule has 1 rings (SSSR count). The molecule has 0 saturated heterocycles. The second-order valence-electron chi connectivity index (χ2n) is 2.42. The Morgan fingerprint density at radius 3 is 2.69 bits per heavy atom. The summed E-state index contributed by atoms with van der Waals surface area (Å²) in [7, 11) is 1.51. The Morgan fingerprint density at radius 1 is 1.62 bits per heavy atom. The summed E-state index contributed by atoms with van der Waals surface area (Å²) in [5.41, 5.74) is -1.65. The Bertz CT molecular complexity index is 455. The Morgan fingerprint density at radius 2 is 2.23 bits per heavy atom. The van der Waals surface area contributed by atoms with Gasteiger partial charge in [-0.05, 0) is 0 Å². The number of aromatic nitrogens is 1. The van der Waals surface area contributed by atoms with Crippen molar-refractivity contribution < 1.29 is 4.92 Å². The van der Waals surface area contributed by atoms with Crippen LogP contribution in [0.1, 0.15) is 5.56 Å². The molecule has 1 aromatic heterocycles. The summed E-state index contributed by atoms with van der Waals surface area (Å²) in [5.74, 6) is 0. The highest BCUT2D eigenvalue weighted by molar-refractivity contribution is 5.37. The molecule has 0 amide bonds. The molecule has 0 bridgehead atoms. The van der Waals surface area contributed by atoms with Gasteiger partial charge in [0.1, 0.15) is 11.6 Å². The van der Waals surface area contributed by atoms with Crippen LogP contribution in [-0.2, 0) is 7.05 Å². The van der Waals surface area contributed by atoms with Crippen LogP contribution in [0.2, 0.25) is 0 Å². The van der Waals surface area contributed by atoms with Crippen LogP contribution >= 0.6 is 0 Å². The second kappa shape index (κ2) is 3.06. The van der Waals surface area contributed by atoms with Crippen molar-refractivity contribution in [2.24, 2.45) is 7.05 Å². The largest absolute Gasteiger partial charge is 0.350 e. The number of rotatable bonds is 1. The van der Waals surface area contributed by atoms with E-state index in [1.54, 1.807) is 6.07 Å². The highest BCUT2D eigenvalue weighted by Crippen LogP contribution is 2.03. The van der Waals surface area contributed by atoms with Gasteiger partial charge in [-0.15, -0.1) is 0 Å². The molecule has 0 saturated carbocycles. The highest BCUT2D eigenvalue weighted by Gasteiger charge is 2.15. The minimum absolute atomic E-state index is 0.225. The summed E-state index contributed by atoms with van der Waals surface area (Å²) in [5, 5.41) is 18.8. The lowest BCUT2D eigenvalue weighted by Crippen LogP contribution is -2.14. The quantitative estimate of drug-likeness (QED) is 0.453. The first-order chi connectivity index (χ1) is 6.06. The van der Waals surface area contributed by atoms with Gasteiger partial charge in [-0.3, -0.25) is 14.9 Å². The van der Waals surface area contributed by atoms with E-state index in [-0.39, 0.29) is 5.56 Å². The molecule has 1 aromatic rings. The predicted molar refractivity (Wildman–Crippen MR) is 43.1 cm³/mol. The first-order valence-corrected chi connectivity index (χ1v) is 3.31. The van der Waals surface area contributed by atoms with Crippen molar-refractivity contribution in [3.8, 4) is 6.07 Å². The fraction of sp³-hybridized carbons (Fsp3) is 0.143. The van der Waals surface area contributed by atoms with Crippen molar-refractivity contribution in [1.29, 1.82) is 5.26 Å². The standard InChI is InChI=1S/C7H5N3O3/c1-9-3-5(2-8)7(11)6(4-9)10(12)13/h3-4H,1H3. The van der Waals surface area contributed by atoms with Crippen molar-refractivity contribution in [3.63, 3.8) is 0 Å². The molecule has 6 heteroatoms. The first-order valence-electron chi connectivity index (χ1n) is 3.31. The van der Waals surface area contributed by atoms with Gasteiger partial charge >= 0.3 is 5.69 Å². The molecular formula is C7H5N3O3. The van der Waals surface area contributed by atoms with Gasteiger partial charge in [-0.1, -0.05) is 0 Å². The lowest BCUT2D eigenvalue weighted by atomic mass is 10.3. The molecule has 0 aliphatic rings. The van der Waals surface area contributed by atoms with E-state index < -0.39 is 16.0 Å². The fourth-order valence-electron chi connectivity index (χ4n) is 0.899. The Balaban J connectivity index is 3.57. The van der Waals surface area contributed by atoms with Gasteiger partial charge in [0.2, 0.25) is 0 Å². The SMILES string of the molecule is Cn1cc(C#N)c(=O)c([N+](=O)[O-])c1. The van der Waals surface area contributed by atoms with Crippen LogP contribution in [0.5, 0.6) is 0 Å². The number of hydrogen-bond donors (Lipinski definition) is 0. The average Bonchev–Trinajstić information content (AvgIpc) is 2.08. The summed E-state index contributed by atoms with van der Waals surface area (Å²) in [6, 6.07) is 1.59. The number of hydrogen-bond acceptors (Lipinski definition) is 4. The molecule has 13 heavy (non-hydrogen) atoms. The molecule has 0 aliphatic heterocycles. The van der Waals surface area contributed by atoms with Crippen molar-refractivity contribution in [3.05, 3.63) is 38.3 Å². The molecule has 0 radical (unpaired) electrons. The number of nitriles is 1. The molecule has 0 spiro atoms. The number of nitro groups is 1. The number of aryl methyl sites for hydroxylation is 1. The molecule has 0 aliphatic carbocycles. The molecule has 66 valence electrons. The summed E-state index contributed by atoms with van der Waals surface area (Å²) in [4.78, 5) is 20.6. The monoisotopic (exact) mass is 179 g/mol. The Kier molecular flexibility index (Phi) is 2.11. The smallest absolute Gasteiger partial charge is 0.333 e.